The maximum atomic E-state index is 12.7. The van der Waals surface area contributed by atoms with Crippen LogP contribution in [0.3, 0.4) is 0 Å². The zero-order chi connectivity index (χ0) is 21.3. The van der Waals surface area contributed by atoms with Crippen molar-refractivity contribution in [2.24, 2.45) is 0 Å². The number of fused-ring (bicyclic) bond motifs is 1. The number of amides is 2. The second-order valence-corrected chi connectivity index (χ2v) is 7.66. The smallest absolute Gasteiger partial charge is 0.321 e. The monoisotopic (exact) mass is 426 g/mol. The molecule has 1 aliphatic heterocycles. The lowest BCUT2D eigenvalue weighted by Crippen LogP contribution is -2.31. The van der Waals surface area contributed by atoms with Gasteiger partial charge in [0.25, 0.3) is 0 Å². The van der Waals surface area contributed by atoms with Crippen LogP contribution in [0.15, 0.2) is 42.5 Å². The van der Waals surface area contributed by atoms with Crippen molar-refractivity contribution in [1.82, 2.24) is 14.7 Å². The molecule has 30 heavy (non-hydrogen) atoms. The third-order valence-electron chi connectivity index (χ3n) is 5.18. The van der Waals surface area contributed by atoms with Crippen LogP contribution < -0.4 is 14.8 Å². The summed E-state index contributed by atoms with van der Waals surface area (Å²) in [4.78, 5) is 14.3. The lowest BCUT2D eigenvalue weighted by Gasteiger charge is -2.18. The quantitative estimate of drug-likeness (QED) is 0.647. The first-order valence-corrected chi connectivity index (χ1v) is 9.98. The highest BCUT2D eigenvalue weighted by Gasteiger charge is 2.19. The van der Waals surface area contributed by atoms with E-state index in [2.05, 4.69) is 10.4 Å². The number of aryl methyl sites for hydroxylation is 1. The largest absolute Gasteiger partial charge is 0.454 e. The molecule has 0 bridgehead atoms. The molecule has 1 aromatic heterocycles. The zero-order valence-corrected chi connectivity index (χ0v) is 17.9. The van der Waals surface area contributed by atoms with Gasteiger partial charge < -0.3 is 19.7 Å². The lowest BCUT2D eigenvalue weighted by molar-refractivity contribution is 0.174. The molecule has 0 atom stereocenters. The van der Waals surface area contributed by atoms with Gasteiger partial charge in [0, 0.05) is 35.1 Å². The van der Waals surface area contributed by atoms with Gasteiger partial charge in [0.05, 0.1) is 18.8 Å². The molecule has 2 amide bonds. The van der Waals surface area contributed by atoms with Gasteiger partial charge in [-0.25, -0.2) is 4.79 Å². The minimum absolute atomic E-state index is 0.198. The lowest BCUT2D eigenvalue weighted by atomic mass is 10.2. The summed E-state index contributed by atoms with van der Waals surface area (Å²) in [7, 11) is 1.76. The van der Waals surface area contributed by atoms with E-state index in [-0.39, 0.29) is 12.8 Å². The fourth-order valence-electron chi connectivity index (χ4n) is 3.41. The van der Waals surface area contributed by atoms with Gasteiger partial charge in [0.2, 0.25) is 6.79 Å². The SMILES string of the molecule is Cc1nn(Cc2ccccc2Cl)c(C)c1CN(C)C(=O)Nc1ccc2c(c1)OCO2. The molecular weight excluding hydrogens is 404 g/mol. The first-order chi connectivity index (χ1) is 14.4. The molecule has 7 nitrogen and oxygen atoms in total. The molecule has 1 N–H and O–H groups in total. The summed E-state index contributed by atoms with van der Waals surface area (Å²) in [6, 6.07) is 12.8. The standard InChI is InChI=1S/C22H23ClN4O3/c1-14-18(15(2)27(25-14)11-16-6-4-5-7-19(16)23)12-26(3)22(28)24-17-8-9-20-21(10-17)30-13-29-20/h4-10H,11-13H2,1-3H3,(H,24,28). The highest BCUT2D eigenvalue weighted by atomic mass is 35.5. The van der Waals surface area contributed by atoms with Gasteiger partial charge in [-0.15, -0.1) is 0 Å². The number of nitrogens with one attached hydrogen (secondary N) is 1. The molecule has 4 rings (SSSR count). The number of rotatable bonds is 5. The Morgan fingerprint density at radius 3 is 2.77 bits per heavy atom. The number of carbonyl (C=O) groups is 1. The Hall–Kier alpha value is -3.19. The summed E-state index contributed by atoms with van der Waals surface area (Å²) >= 11 is 6.29. The zero-order valence-electron chi connectivity index (χ0n) is 17.1. The first kappa shape index (κ1) is 20.1. The van der Waals surface area contributed by atoms with Gasteiger partial charge >= 0.3 is 6.03 Å². The molecule has 0 saturated heterocycles. The maximum Gasteiger partial charge on any atom is 0.321 e. The number of anilines is 1. The van der Waals surface area contributed by atoms with E-state index >= 15 is 0 Å². The van der Waals surface area contributed by atoms with Crippen LogP contribution in [0, 0.1) is 13.8 Å². The van der Waals surface area contributed by atoms with E-state index in [1.165, 1.54) is 0 Å². The minimum atomic E-state index is -0.216. The molecule has 0 unspecified atom stereocenters. The number of aromatic nitrogens is 2. The molecule has 0 saturated carbocycles. The normalized spacial score (nSPS) is 12.1. The second-order valence-electron chi connectivity index (χ2n) is 7.25. The molecule has 3 aromatic rings. The Balaban J connectivity index is 1.45. The fourth-order valence-corrected chi connectivity index (χ4v) is 3.60. The molecule has 1 aliphatic rings. The van der Waals surface area contributed by atoms with E-state index < -0.39 is 0 Å². The van der Waals surface area contributed by atoms with Gasteiger partial charge in [-0.3, -0.25) is 4.68 Å². The predicted molar refractivity (Wildman–Crippen MR) is 115 cm³/mol. The summed E-state index contributed by atoms with van der Waals surface area (Å²) < 4.78 is 12.6. The van der Waals surface area contributed by atoms with Gasteiger partial charge in [-0.1, -0.05) is 29.8 Å². The maximum absolute atomic E-state index is 12.7. The number of hydrogen-bond donors (Lipinski definition) is 1. The molecule has 2 aromatic carbocycles. The molecule has 8 heteroatoms. The molecule has 0 aliphatic carbocycles. The van der Waals surface area contributed by atoms with E-state index in [4.69, 9.17) is 21.1 Å². The highest BCUT2D eigenvalue weighted by Crippen LogP contribution is 2.34. The summed E-state index contributed by atoms with van der Waals surface area (Å²) in [6.45, 7) is 5.18. The molecule has 0 fully saturated rings. The number of nitrogens with zero attached hydrogens (tertiary/aromatic N) is 3. The van der Waals surface area contributed by atoms with Crippen LogP contribution in [0.2, 0.25) is 5.02 Å². The molecule has 2 heterocycles. The number of halogens is 1. The highest BCUT2D eigenvalue weighted by molar-refractivity contribution is 6.31. The molecule has 0 radical (unpaired) electrons. The van der Waals surface area contributed by atoms with E-state index in [0.717, 1.165) is 22.5 Å². The Morgan fingerprint density at radius 2 is 1.97 bits per heavy atom. The van der Waals surface area contributed by atoms with E-state index in [1.54, 1.807) is 30.1 Å². The van der Waals surface area contributed by atoms with Crippen molar-refractivity contribution in [3.05, 3.63) is 70.0 Å². The van der Waals surface area contributed by atoms with Crippen LogP contribution in [-0.2, 0) is 13.1 Å². The van der Waals surface area contributed by atoms with E-state index in [9.17, 15) is 4.79 Å². The Kier molecular flexibility index (Phi) is 5.55. The van der Waals surface area contributed by atoms with Crippen molar-refractivity contribution in [3.8, 4) is 11.5 Å². The Morgan fingerprint density at radius 1 is 1.20 bits per heavy atom. The van der Waals surface area contributed by atoms with Gasteiger partial charge in [0.1, 0.15) is 0 Å². The van der Waals surface area contributed by atoms with Crippen molar-refractivity contribution < 1.29 is 14.3 Å². The summed E-state index contributed by atoms with van der Waals surface area (Å²) in [5.41, 5.74) is 4.58. The fraction of sp³-hybridized carbons (Fsp3) is 0.273. The number of urea groups is 1. The number of carbonyl (C=O) groups excluding carboxylic acids is 1. The number of benzene rings is 2. The van der Waals surface area contributed by atoms with Crippen LogP contribution in [0.1, 0.15) is 22.5 Å². The third kappa shape index (κ3) is 4.07. The summed E-state index contributed by atoms with van der Waals surface area (Å²) in [5, 5.41) is 8.26. The number of ether oxygens (including phenoxy) is 2. The summed E-state index contributed by atoms with van der Waals surface area (Å²) in [5.74, 6) is 1.31. The van der Waals surface area contributed by atoms with Crippen molar-refractivity contribution in [1.29, 1.82) is 0 Å². The van der Waals surface area contributed by atoms with Gasteiger partial charge in [0.15, 0.2) is 11.5 Å². The molecular formula is C22H23ClN4O3. The Labute approximate surface area is 180 Å². The molecule has 0 spiro atoms. The van der Waals surface area contributed by atoms with Crippen LogP contribution >= 0.6 is 11.6 Å². The van der Waals surface area contributed by atoms with Crippen molar-refractivity contribution in [2.75, 3.05) is 19.2 Å². The predicted octanol–water partition coefficient (Wildman–Crippen LogP) is 4.59. The van der Waals surface area contributed by atoms with Crippen LogP contribution in [0.4, 0.5) is 10.5 Å². The second kappa shape index (κ2) is 8.28. The van der Waals surface area contributed by atoms with Crippen LogP contribution in [0.5, 0.6) is 11.5 Å². The molecule has 156 valence electrons. The van der Waals surface area contributed by atoms with Crippen molar-refractivity contribution in [3.63, 3.8) is 0 Å². The third-order valence-corrected chi connectivity index (χ3v) is 5.54. The minimum Gasteiger partial charge on any atom is -0.454 e. The van der Waals surface area contributed by atoms with Crippen LogP contribution in [-0.4, -0.2) is 34.6 Å². The average molecular weight is 427 g/mol. The summed E-state index contributed by atoms with van der Waals surface area (Å²) in [6.07, 6.45) is 0. The van der Waals surface area contributed by atoms with Gasteiger partial charge in [-0.2, -0.15) is 5.10 Å². The van der Waals surface area contributed by atoms with Crippen LogP contribution in [0.25, 0.3) is 0 Å². The number of hydrogen-bond acceptors (Lipinski definition) is 4. The van der Waals surface area contributed by atoms with E-state index in [1.807, 2.05) is 42.8 Å². The van der Waals surface area contributed by atoms with E-state index in [0.29, 0.717) is 35.3 Å². The van der Waals surface area contributed by atoms with Crippen molar-refractivity contribution >= 4 is 23.3 Å². The average Bonchev–Trinajstić information content (AvgIpc) is 3.29. The topological polar surface area (TPSA) is 68.6 Å². The van der Waals surface area contributed by atoms with Crippen molar-refractivity contribution in [2.45, 2.75) is 26.9 Å². The van der Waals surface area contributed by atoms with Gasteiger partial charge in [-0.05, 0) is 37.6 Å². The Bertz CT molecular complexity index is 1100. The first-order valence-electron chi connectivity index (χ1n) is 9.60.